The molecule has 132 valence electrons. The van der Waals surface area contributed by atoms with Gasteiger partial charge in [0.1, 0.15) is 11.7 Å². The lowest BCUT2D eigenvalue weighted by Gasteiger charge is -2.09. The molecule has 1 N–H and O–H groups in total. The molecule has 0 aliphatic rings. The van der Waals surface area contributed by atoms with Gasteiger partial charge in [0.05, 0.1) is 10.2 Å². The Balaban J connectivity index is 1.96. The van der Waals surface area contributed by atoms with Crippen molar-refractivity contribution in [2.45, 2.75) is 26.1 Å². The Morgan fingerprint density at radius 1 is 1.36 bits per heavy atom. The number of alkyl halides is 3. The molecule has 0 amide bonds. The third kappa shape index (κ3) is 3.21. The van der Waals surface area contributed by atoms with Gasteiger partial charge in [0.25, 0.3) is 11.4 Å². The molecule has 3 aromatic heterocycles. The minimum Gasteiger partial charge on any atom is -0.337 e. The molecule has 0 saturated heterocycles. The van der Waals surface area contributed by atoms with Crippen LogP contribution in [0.15, 0.2) is 25.9 Å². The van der Waals surface area contributed by atoms with Gasteiger partial charge in [0.2, 0.25) is 5.82 Å². The van der Waals surface area contributed by atoms with Gasteiger partial charge in [0, 0.05) is 6.07 Å². The Morgan fingerprint density at radius 3 is 2.64 bits per heavy atom. The van der Waals surface area contributed by atoms with Crippen LogP contribution in [0.4, 0.5) is 13.2 Å². The monoisotopic (exact) mass is 418 g/mol. The molecule has 1 unspecified atom stereocenters. The van der Waals surface area contributed by atoms with E-state index in [1.165, 1.54) is 19.1 Å². The van der Waals surface area contributed by atoms with Crippen LogP contribution in [0.2, 0.25) is 0 Å². The van der Waals surface area contributed by atoms with E-state index in [0.29, 0.717) is 0 Å². The Kier molecular flexibility index (Phi) is 4.22. The highest BCUT2D eigenvalue weighted by Gasteiger charge is 2.39. The minimum atomic E-state index is -4.59. The standard InChI is InChI=1S/C13H10BrF3N6O2/c1-5-9(14)10(13(15,16)17)21-23(5)6(2)12-18-11(22-25-12)7-3-4-8(24)20-19-7/h3-4,6H,1-2H3,(H,20,24). The van der Waals surface area contributed by atoms with E-state index in [1.54, 1.807) is 6.92 Å². The van der Waals surface area contributed by atoms with Crippen molar-refractivity contribution in [1.82, 2.24) is 30.1 Å². The Hall–Kier alpha value is -2.50. The molecule has 1 atom stereocenters. The van der Waals surface area contributed by atoms with Crippen molar-refractivity contribution in [3.8, 4) is 11.5 Å². The summed E-state index contributed by atoms with van der Waals surface area (Å²) < 4.78 is 45.0. The molecule has 0 radical (unpaired) electrons. The van der Waals surface area contributed by atoms with Crippen LogP contribution < -0.4 is 5.56 Å². The second kappa shape index (κ2) is 6.10. The number of rotatable bonds is 3. The summed E-state index contributed by atoms with van der Waals surface area (Å²) in [5, 5.41) is 13.3. The van der Waals surface area contributed by atoms with Gasteiger partial charge in [0.15, 0.2) is 5.69 Å². The number of nitrogens with zero attached hydrogens (tertiary/aromatic N) is 5. The highest BCUT2D eigenvalue weighted by atomic mass is 79.9. The van der Waals surface area contributed by atoms with Crippen LogP contribution in [0, 0.1) is 6.92 Å². The van der Waals surface area contributed by atoms with Crippen molar-refractivity contribution in [2.24, 2.45) is 0 Å². The van der Waals surface area contributed by atoms with E-state index in [1.807, 2.05) is 0 Å². The van der Waals surface area contributed by atoms with Gasteiger partial charge in [-0.2, -0.15) is 28.4 Å². The van der Waals surface area contributed by atoms with Gasteiger partial charge in [-0.25, -0.2) is 5.10 Å². The van der Waals surface area contributed by atoms with Crippen LogP contribution in [-0.2, 0) is 6.18 Å². The van der Waals surface area contributed by atoms with Gasteiger partial charge in [-0.1, -0.05) is 5.16 Å². The first-order valence-corrected chi connectivity index (χ1v) is 7.69. The third-order valence-corrected chi connectivity index (χ3v) is 4.37. The summed E-state index contributed by atoms with van der Waals surface area (Å²) in [6.07, 6.45) is -4.59. The number of hydrogen-bond acceptors (Lipinski definition) is 6. The molecule has 0 aliphatic carbocycles. The summed E-state index contributed by atoms with van der Waals surface area (Å²) in [6, 6.07) is 1.90. The number of H-pyrrole nitrogens is 1. The molecule has 0 fully saturated rings. The van der Waals surface area contributed by atoms with Crippen LogP contribution in [0.3, 0.4) is 0 Å². The van der Waals surface area contributed by atoms with Crippen LogP contribution in [0.5, 0.6) is 0 Å². The predicted molar refractivity (Wildman–Crippen MR) is 81.6 cm³/mol. The van der Waals surface area contributed by atoms with Gasteiger partial charge < -0.3 is 4.52 Å². The Morgan fingerprint density at radius 2 is 2.08 bits per heavy atom. The minimum absolute atomic E-state index is 0.0508. The first kappa shape index (κ1) is 17.3. The summed E-state index contributed by atoms with van der Waals surface area (Å²) in [4.78, 5) is 15.1. The van der Waals surface area contributed by atoms with Crippen molar-refractivity contribution < 1.29 is 17.7 Å². The number of aromatic amines is 1. The van der Waals surface area contributed by atoms with E-state index in [-0.39, 0.29) is 27.6 Å². The molecule has 25 heavy (non-hydrogen) atoms. The van der Waals surface area contributed by atoms with E-state index in [4.69, 9.17) is 4.52 Å². The predicted octanol–water partition coefficient (Wildman–Crippen LogP) is 2.72. The van der Waals surface area contributed by atoms with Gasteiger partial charge >= 0.3 is 6.18 Å². The molecule has 0 aliphatic heterocycles. The molecule has 3 heterocycles. The van der Waals surface area contributed by atoms with Crippen molar-refractivity contribution in [2.75, 3.05) is 0 Å². The lowest BCUT2D eigenvalue weighted by Crippen LogP contribution is -2.13. The number of nitrogens with one attached hydrogen (secondary N) is 1. The van der Waals surface area contributed by atoms with Gasteiger partial charge in [-0.3, -0.25) is 9.48 Å². The molecule has 8 nitrogen and oxygen atoms in total. The molecule has 0 bridgehead atoms. The normalized spacial score (nSPS) is 13.2. The van der Waals surface area contributed by atoms with Crippen LogP contribution in [-0.4, -0.2) is 30.1 Å². The zero-order valence-electron chi connectivity index (χ0n) is 12.8. The zero-order chi connectivity index (χ0) is 18.4. The topological polar surface area (TPSA) is 102 Å². The fourth-order valence-electron chi connectivity index (χ4n) is 2.14. The van der Waals surface area contributed by atoms with Crippen molar-refractivity contribution in [3.63, 3.8) is 0 Å². The average Bonchev–Trinajstić information content (AvgIpc) is 3.14. The second-order valence-electron chi connectivity index (χ2n) is 5.13. The molecule has 0 spiro atoms. The van der Waals surface area contributed by atoms with E-state index in [0.717, 1.165) is 4.68 Å². The largest absolute Gasteiger partial charge is 0.436 e. The summed E-state index contributed by atoms with van der Waals surface area (Å²) in [7, 11) is 0. The fraction of sp³-hybridized carbons (Fsp3) is 0.308. The first-order valence-electron chi connectivity index (χ1n) is 6.90. The summed E-state index contributed by atoms with van der Waals surface area (Å²) in [5.74, 6) is 0.146. The summed E-state index contributed by atoms with van der Waals surface area (Å²) >= 11 is 2.91. The van der Waals surface area contributed by atoms with E-state index >= 15 is 0 Å². The molecular formula is C13H10BrF3N6O2. The van der Waals surface area contributed by atoms with E-state index in [2.05, 4.69) is 41.4 Å². The molecule has 3 aromatic rings. The van der Waals surface area contributed by atoms with Crippen LogP contribution in [0.25, 0.3) is 11.5 Å². The van der Waals surface area contributed by atoms with Crippen molar-refractivity contribution in [1.29, 1.82) is 0 Å². The molecule has 0 aromatic carbocycles. The maximum absolute atomic E-state index is 13.0. The lowest BCUT2D eigenvalue weighted by molar-refractivity contribution is -0.142. The molecule has 3 rings (SSSR count). The molecular weight excluding hydrogens is 409 g/mol. The van der Waals surface area contributed by atoms with E-state index in [9.17, 15) is 18.0 Å². The molecule has 0 saturated carbocycles. The summed E-state index contributed by atoms with van der Waals surface area (Å²) in [5.41, 5.74) is -0.894. The number of halogens is 4. The van der Waals surface area contributed by atoms with E-state index < -0.39 is 23.5 Å². The fourth-order valence-corrected chi connectivity index (χ4v) is 2.63. The highest BCUT2D eigenvalue weighted by Crippen LogP contribution is 2.37. The van der Waals surface area contributed by atoms with Gasteiger partial charge in [-0.15, -0.1) is 0 Å². The highest BCUT2D eigenvalue weighted by molar-refractivity contribution is 9.10. The smallest absolute Gasteiger partial charge is 0.337 e. The van der Waals surface area contributed by atoms with Gasteiger partial charge in [-0.05, 0) is 35.8 Å². The Labute approximate surface area is 146 Å². The SMILES string of the molecule is Cc1c(Br)c(C(F)(F)F)nn1C(C)c1nc(-c2ccc(=O)[nH]n2)no1. The second-order valence-corrected chi connectivity index (χ2v) is 5.92. The van der Waals surface area contributed by atoms with Crippen LogP contribution >= 0.6 is 15.9 Å². The van der Waals surface area contributed by atoms with Crippen LogP contribution in [0.1, 0.15) is 30.2 Å². The summed E-state index contributed by atoms with van der Waals surface area (Å²) in [6.45, 7) is 3.06. The zero-order valence-corrected chi connectivity index (χ0v) is 14.4. The first-order chi connectivity index (χ1) is 11.7. The maximum Gasteiger partial charge on any atom is 0.436 e. The van der Waals surface area contributed by atoms with Crippen molar-refractivity contribution in [3.05, 3.63) is 44.2 Å². The quantitative estimate of drug-likeness (QED) is 0.701. The number of hydrogen-bond donors (Lipinski definition) is 1. The molecule has 12 heteroatoms. The lowest BCUT2D eigenvalue weighted by atomic mass is 10.3. The Bertz CT molecular complexity index is 957. The number of aromatic nitrogens is 6. The van der Waals surface area contributed by atoms with Crippen molar-refractivity contribution >= 4 is 15.9 Å². The third-order valence-electron chi connectivity index (χ3n) is 3.42. The maximum atomic E-state index is 13.0. The average molecular weight is 419 g/mol.